The smallest absolute Gasteiger partial charge is 0.253 e. The van der Waals surface area contributed by atoms with Crippen molar-refractivity contribution in [1.29, 1.82) is 0 Å². The van der Waals surface area contributed by atoms with Crippen molar-refractivity contribution in [3.8, 4) is 5.75 Å². The van der Waals surface area contributed by atoms with E-state index >= 15 is 0 Å². The summed E-state index contributed by atoms with van der Waals surface area (Å²) in [6.07, 6.45) is 0.756. The molecule has 21 heavy (non-hydrogen) atoms. The van der Waals surface area contributed by atoms with Gasteiger partial charge in [0.25, 0.3) is 5.91 Å². The molecule has 0 aliphatic rings. The first-order chi connectivity index (χ1) is 10.1. The molecule has 0 spiro atoms. The van der Waals surface area contributed by atoms with E-state index in [1.807, 2.05) is 24.3 Å². The fourth-order valence-corrected chi connectivity index (χ4v) is 2.33. The third kappa shape index (κ3) is 4.23. The number of nitrogens with one attached hydrogen (secondary N) is 1. The molecule has 0 bridgehead atoms. The van der Waals surface area contributed by atoms with Crippen LogP contribution < -0.4 is 15.8 Å². The summed E-state index contributed by atoms with van der Waals surface area (Å²) >= 11 is 3.32. The number of nitrogens with two attached hydrogens (primary N) is 1. The summed E-state index contributed by atoms with van der Waals surface area (Å²) in [6, 6.07) is 13.0. The average Bonchev–Trinajstić information content (AvgIpc) is 2.47. The average molecular weight is 349 g/mol. The highest BCUT2D eigenvalue weighted by atomic mass is 79.9. The van der Waals surface area contributed by atoms with Gasteiger partial charge in [0.15, 0.2) is 0 Å². The largest absolute Gasteiger partial charge is 0.497 e. The Morgan fingerprint density at radius 2 is 1.95 bits per heavy atom. The number of anilines is 1. The van der Waals surface area contributed by atoms with Gasteiger partial charge < -0.3 is 15.8 Å². The number of carbonyl (C=O) groups excluding carboxylic acids is 1. The number of hydrogen-bond donors (Lipinski definition) is 2. The van der Waals surface area contributed by atoms with Gasteiger partial charge in [0.1, 0.15) is 5.75 Å². The lowest BCUT2D eigenvalue weighted by atomic mass is 10.1. The summed E-state index contributed by atoms with van der Waals surface area (Å²) in [4.78, 5) is 12.0. The Hall–Kier alpha value is -2.01. The molecule has 0 saturated carbocycles. The van der Waals surface area contributed by atoms with Gasteiger partial charge in [-0.2, -0.15) is 0 Å². The van der Waals surface area contributed by atoms with Crippen LogP contribution in [0, 0.1) is 0 Å². The number of rotatable bonds is 5. The number of hydrogen-bond acceptors (Lipinski definition) is 3. The van der Waals surface area contributed by atoms with Gasteiger partial charge in [-0.25, -0.2) is 0 Å². The second-order valence-corrected chi connectivity index (χ2v) is 5.50. The van der Waals surface area contributed by atoms with Crippen LogP contribution in [0.25, 0.3) is 0 Å². The number of ether oxygens (including phenoxy) is 1. The zero-order valence-corrected chi connectivity index (χ0v) is 13.3. The van der Waals surface area contributed by atoms with E-state index in [0.717, 1.165) is 22.2 Å². The molecule has 2 aromatic rings. The van der Waals surface area contributed by atoms with Gasteiger partial charge in [0.05, 0.1) is 12.7 Å². The van der Waals surface area contributed by atoms with Gasteiger partial charge in [-0.05, 0) is 42.3 Å². The first-order valence-electron chi connectivity index (χ1n) is 6.56. The number of halogens is 1. The van der Waals surface area contributed by atoms with Crippen LogP contribution in [0.15, 0.2) is 46.9 Å². The number of amides is 1. The van der Waals surface area contributed by atoms with Crippen molar-refractivity contribution in [2.75, 3.05) is 19.4 Å². The van der Waals surface area contributed by atoms with Crippen molar-refractivity contribution in [3.05, 3.63) is 58.1 Å². The fourth-order valence-electron chi connectivity index (χ4n) is 1.95. The number of methoxy groups -OCH3 is 1. The van der Waals surface area contributed by atoms with E-state index < -0.39 is 0 Å². The molecular weight excluding hydrogens is 332 g/mol. The Balaban J connectivity index is 1.88. The molecule has 0 atom stereocenters. The molecule has 3 N–H and O–H groups in total. The molecular formula is C16H17BrN2O2. The standard InChI is InChI=1S/C16H17BrN2O2/c1-21-13-5-2-11(3-6-13)8-9-19-16(20)14-7-4-12(17)10-15(14)18/h2-7,10H,8-9,18H2,1H3,(H,19,20). The van der Waals surface area contributed by atoms with Crippen molar-refractivity contribution >= 4 is 27.5 Å². The van der Waals surface area contributed by atoms with E-state index in [0.29, 0.717) is 17.8 Å². The third-order valence-electron chi connectivity index (χ3n) is 3.12. The third-order valence-corrected chi connectivity index (χ3v) is 3.61. The Morgan fingerprint density at radius 1 is 1.24 bits per heavy atom. The van der Waals surface area contributed by atoms with Crippen molar-refractivity contribution in [1.82, 2.24) is 5.32 Å². The summed E-state index contributed by atoms with van der Waals surface area (Å²) in [5.74, 6) is 0.666. The summed E-state index contributed by atoms with van der Waals surface area (Å²) in [6.45, 7) is 0.556. The maximum Gasteiger partial charge on any atom is 0.253 e. The first-order valence-corrected chi connectivity index (χ1v) is 7.35. The summed E-state index contributed by atoms with van der Waals surface area (Å²) in [7, 11) is 1.64. The SMILES string of the molecule is COc1ccc(CCNC(=O)c2ccc(Br)cc2N)cc1. The molecule has 4 nitrogen and oxygen atoms in total. The van der Waals surface area contributed by atoms with E-state index in [9.17, 15) is 4.79 Å². The second kappa shape index (κ2) is 7.13. The lowest BCUT2D eigenvalue weighted by Gasteiger charge is -2.08. The van der Waals surface area contributed by atoms with Crippen LogP contribution in [-0.2, 0) is 6.42 Å². The van der Waals surface area contributed by atoms with Crippen LogP contribution in [0.4, 0.5) is 5.69 Å². The van der Waals surface area contributed by atoms with Crippen molar-refractivity contribution in [2.24, 2.45) is 0 Å². The van der Waals surface area contributed by atoms with Gasteiger partial charge in [0, 0.05) is 16.7 Å². The molecule has 2 aromatic carbocycles. The minimum Gasteiger partial charge on any atom is -0.497 e. The lowest BCUT2D eigenvalue weighted by Crippen LogP contribution is -2.26. The van der Waals surface area contributed by atoms with Gasteiger partial charge in [0.2, 0.25) is 0 Å². The summed E-state index contributed by atoms with van der Waals surface area (Å²) < 4.78 is 5.96. The number of benzene rings is 2. The zero-order valence-electron chi connectivity index (χ0n) is 11.7. The Labute approximate surface area is 132 Å². The number of carbonyl (C=O) groups is 1. The molecule has 1 amide bonds. The highest BCUT2D eigenvalue weighted by molar-refractivity contribution is 9.10. The molecule has 0 aromatic heterocycles. The monoisotopic (exact) mass is 348 g/mol. The Bertz CT molecular complexity index is 627. The minimum atomic E-state index is -0.159. The van der Waals surface area contributed by atoms with Crippen molar-refractivity contribution in [3.63, 3.8) is 0 Å². The predicted molar refractivity (Wildman–Crippen MR) is 87.6 cm³/mol. The maximum atomic E-state index is 12.0. The highest BCUT2D eigenvalue weighted by Crippen LogP contribution is 2.18. The normalized spacial score (nSPS) is 10.2. The predicted octanol–water partition coefficient (Wildman–Crippen LogP) is 3.01. The van der Waals surface area contributed by atoms with E-state index in [4.69, 9.17) is 10.5 Å². The quantitative estimate of drug-likeness (QED) is 0.816. The molecule has 2 rings (SSSR count). The van der Waals surface area contributed by atoms with Crippen molar-refractivity contribution < 1.29 is 9.53 Å². The van der Waals surface area contributed by atoms with Crippen LogP contribution in [0.3, 0.4) is 0 Å². The molecule has 0 aliphatic carbocycles. The Morgan fingerprint density at radius 3 is 2.57 bits per heavy atom. The minimum absolute atomic E-state index is 0.159. The Kier molecular flexibility index (Phi) is 5.22. The zero-order chi connectivity index (χ0) is 15.2. The van der Waals surface area contributed by atoms with Gasteiger partial charge in [-0.3, -0.25) is 4.79 Å². The molecule has 0 radical (unpaired) electrons. The fraction of sp³-hybridized carbons (Fsp3) is 0.188. The van der Waals surface area contributed by atoms with Crippen LogP contribution in [0.1, 0.15) is 15.9 Å². The topological polar surface area (TPSA) is 64.3 Å². The van der Waals surface area contributed by atoms with Crippen LogP contribution in [-0.4, -0.2) is 19.6 Å². The van der Waals surface area contributed by atoms with Gasteiger partial charge in [-0.15, -0.1) is 0 Å². The van der Waals surface area contributed by atoms with Crippen LogP contribution in [0.2, 0.25) is 0 Å². The van der Waals surface area contributed by atoms with Gasteiger partial charge >= 0.3 is 0 Å². The van der Waals surface area contributed by atoms with Crippen LogP contribution >= 0.6 is 15.9 Å². The number of nitrogen functional groups attached to an aromatic ring is 1. The highest BCUT2D eigenvalue weighted by Gasteiger charge is 2.09. The molecule has 0 fully saturated rings. The van der Waals surface area contributed by atoms with Crippen molar-refractivity contribution in [2.45, 2.75) is 6.42 Å². The lowest BCUT2D eigenvalue weighted by molar-refractivity contribution is 0.0955. The molecule has 0 unspecified atom stereocenters. The molecule has 0 saturated heterocycles. The second-order valence-electron chi connectivity index (χ2n) is 4.59. The molecule has 0 heterocycles. The molecule has 5 heteroatoms. The molecule has 110 valence electrons. The van der Waals surface area contributed by atoms with Gasteiger partial charge in [-0.1, -0.05) is 28.1 Å². The van der Waals surface area contributed by atoms with E-state index in [1.54, 1.807) is 25.3 Å². The summed E-state index contributed by atoms with van der Waals surface area (Å²) in [5, 5.41) is 2.87. The molecule has 0 aliphatic heterocycles. The van der Waals surface area contributed by atoms with E-state index in [2.05, 4.69) is 21.2 Å². The van der Waals surface area contributed by atoms with Crippen LogP contribution in [0.5, 0.6) is 5.75 Å². The first kappa shape index (κ1) is 15.4. The summed E-state index contributed by atoms with van der Waals surface area (Å²) in [5.41, 5.74) is 7.93. The van der Waals surface area contributed by atoms with E-state index in [1.165, 1.54) is 0 Å². The van der Waals surface area contributed by atoms with E-state index in [-0.39, 0.29) is 5.91 Å². The maximum absolute atomic E-state index is 12.0.